The van der Waals surface area contributed by atoms with E-state index in [0.29, 0.717) is 11.5 Å². The smallest absolute Gasteiger partial charge is 0.287 e. The Morgan fingerprint density at radius 2 is 2.06 bits per heavy atom. The van der Waals surface area contributed by atoms with Crippen molar-refractivity contribution in [3.05, 3.63) is 17.0 Å². The number of carbonyl (C=O) groups is 1. The van der Waals surface area contributed by atoms with Gasteiger partial charge in [-0.05, 0) is 27.7 Å². The highest BCUT2D eigenvalue weighted by molar-refractivity contribution is 5.98. The van der Waals surface area contributed by atoms with Crippen molar-refractivity contribution in [2.75, 3.05) is 7.05 Å². The van der Waals surface area contributed by atoms with Crippen molar-refractivity contribution in [3.63, 3.8) is 0 Å². The molecule has 1 amide bonds. The average Bonchev–Trinajstić information content (AvgIpc) is 2.77. The minimum absolute atomic E-state index is 0.212. The molecule has 17 heavy (non-hydrogen) atoms. The van der Waals surface area contributed by atoms with Gasteiger partial charge in [-0.2, -0.15) is 0 Å². The Hall–Kier alpha value is -1.78. The number of nitrogens with one attached hydrogen (secondary N) is 1. The van der Waals surface area contributed by atoms with Gasteiger partial charge in [0.25, 0.3) is 5.91 Å². The van der Waals surface area contributed by atoms with E-state index in [1.807, 2.05) is 18.5 Å². The zero-order valence-electron chi connectivity index (χ0n) is 10.8. The summed E-state index contributed by atoms with van der Waals surface area (Å²) in [5.41, 5.74) is 2.42. The number of aromatic nitrogens is 2. The first-order valence-electron chi connectivity index (χ1n) is 5.67. The van der Waals surface area contributed by atoms with Crippen LogP contribution in [-0.2, 0) is 0 Å². The zero-order valence-corrected chi connectivity index (χ0v) is 10.8. The Labute approximate surface area is 99.8 Å². The third-order valence-corrected chi connectivity index (χ3v) is 2.95. The molecule has 0 saturated heterocycles. The van der Waals surface area contributed by atoms with Crippen LogP contribution in [0.5, 0.6) is 0 Å². The highest BCUT2D eigenvalue weighted by atomic mass is 16.4. The molecule has 2 rings (SSSR count). The molecule has 0 atom stereocenters. The number of nitrogens with zero attached hydrogens (tertiary/aromatic N) is 2. The van der Waals surface area contributed by atoms with E-state index in [1.54, 1.807) is 7.05 Å². The lowest BCUT2D eigenvalue weighted by Crippen LogP contribution is -2.18. The molecule has 0 unspecified atom stereocenters. The van der Waals surface area contributed by atoms with Crippen LogP contribution < -0.4 is 5.32 Å². The van der Waals surface area contributed by atoms with Gasteiger partial charge in [0.1, 0.15) is 0 Å². The SMILES string of the molecule is CNC(=O)c1oc2nn(C(C)C)c(C)c2c1C. The van der Waals surface area contributed by atoms with Gasteiger partial charge in [0.2, 0.25) is 5.71 Å². The summed E-state index contributed by atoms with van der Waals surface area (Å²) >= 11 is 0. The first-order valence-corrected chi connectivity index (χ1v) is 5.67. The van der Waals surface area contributed by atoms with E-state index in [-0.39, 0.29) is 11.9 Å². The molecule has 0 saturated carbocycles. The second-order valence-electron chi connectivity index (χ2n) is 4.44. The number of fused-ring (bicyclic) bond motifs is 1. The maximum absolute atomic E-state index is 11.6. The number of rotatable bonds is 2. The molecule has 0 aromatic carbocycles. The quantitative estimate of drug-likeness (QED) is 0.868. The summed E-state index contributed by atoms with van der Waals surface area (Å²) in [5, 5.41) is 7.88. The molecule has 2 aromatic heterocycles. The predicted octanol–water partition coefficient (Wildman–Crippen LogP) is 2.19. The van der Waals surface area contributed by atoms with Crippen molar-refractivity contribution < 1.29 is 9.21 Å². The van der Waals surface area contributed by atoms with E-state index in [1.165, 1.54) is 0 Å². The summed E-state index contributed by atoms with van der Waals surface area (Å²) < 4.78 is 7.43. The standard InChI is InChI=1S/C12H17N3O2/c1-6(2)15-8(4)9-7(3)10(11(16)13-5)17-12(9)14-15/h6H,1-5H3,(H,13,16). The van der Waals surface area contributed by atoms with Gasteiger partial charge in [-0.15, -0.1) is 5.10 Å². The Balaban J connectivity index is 2.67. The molecular weight excluding hydrogens is 218 g/mol. The number of hydrogen-bond acceptors (Lipinski definition) is 3. The van der Waals surface area contributed by atoms with Gasteiger partial charge in [0, 0.05) is 24.3 Å². The van der Waals surface area contributed by atoms with Crippen LogP contribution in [-0.4, -0.2) is 22.7 Å². The third kappa shape index (κ3) is 1.62. The maximum atomic E-state index is 11.6. The van der Waals surface area contributed by atoms with Crippen LogP contribution in [0.4, 0.5) is 0 Å². The van der Waals surface area contributed by atoms with Crippen LogP contribution in [0.25, 0.3) is 11.1 Å². The Bertz CT molecular complexity index is 578. The van der Waals surface area contributed by atoms with Gasteiger partial charge >= 0.3 is 0 Å². The zero-order chi connectivity index (χ0) is 12.7. The van der Waals surface area contributed by atoms with Gasteiger partial charge in [-0.25, -0.2) is 0 Å². The van der Waals surface area contributed by atoms with Crippen molar-refractivity contribution in [3.8, 4) is 0 Å². The molecule has 0 bridgehead atoms. The van der Waals surface area contributed by atoms with Crippen LogP contribution >= 0.6 is 0 Å². The second kappa shape index (κ2) is 3.91. The molecule has 5 nitrogen and oxygen atoms in total. The van der Waals surface area contributed by atoms with Crippen molar-refractivity contribution in [2.24, 2.45) is 0 Å². The van der Waals surface area contributed by atoms with Crippen LogP contribution in [0.15, 0.2) is 4.42 Å². The van der Waals surface area contributed by atoms with Gasteiger partial charge in [0.15, 0.2) is 5.76 Å². The van der Waals surface area contributed by atoms with E-state index < -0.39 is 0 Å². The lowest BCUT2D eigenvalue weighted by molar-refractivity contribution is 0.0936. The fourth-order valence-corrected chi connectivity index (χ4v) is 2.12. The lowest BCUT2D eigenvalue weighted by atomic mass is 10.1. The van der Waals surface area contributed by atoms with Crippen LogP contribution in [0.1, 0.15) is 41.7 Å². The van der Waals surface area contributed by atoms with Gasteiger partial charge in [-0.1, -0.05) is 0 Å². The van der Waals surface area contributed by atoms with E-state index in [0.717, 1.165) is 16.6 Å². The first-order chi connectivity index (χ1) is 7.97. The largest absolute Gasteiger partial charge is 0.431 e. The van der Waals surface area contributed by atoms with E-state index >= 15 is 0 Å². The van der Waals surface area contributed by atoms with Crippen molar-refractivity contribution >= 4 is 17.0 Å². The number of furan rings is 1. The number of aryl methyl sites for hydroxylation is 2. The summed E-state index contributed by atoms with van der Waals surface area (Å²) in [7, 11) is 1.59. The molecule has 92 valence electrons. The highest BCUT2D eigenvalue weighted by Gasteiger charge is 2.22. The fourth-order valence-electron chi connectivity index (χ4n) is 2.12. The summed E-state index contributed by atoms with van der Waals surface area (Å²) in [4.78, 5) is 11.6. The second-order valence-corrected chi connectivity index (χ2v) is 4.44. The molecule has 0 spiro atoms. The molecule has 0 radical (unpaired) electrons. The average molecular weight is 235 g/mol. The molecule has 0 fully saturated rings. The first kappa shape index (κ1) is 11.7. The van der Waals surface area contributed by atoms with Crippen LogP contribution in [0, 0.1) is 13.8 Å². The minimum atomic E-state index is -0.212. The third-order valence-electron chi connectivity index (χ3n) is 2.95. The van der Waals surface area contributed by atoms with E-state index in [4.69, 9.17) is 4.42 Å². The predicted molar refractivity (Wildman–Crippen MR) is 65.2 cm³/mol. The van der Waals surface area contributed by atoms with Gasteiger partial charge in [-0.3, -0.25) is 9.48 Å². The monoisotopic (exact) mass is 235 g/mol. The van der Waals surface area contributed by atoms with E-state index in [9.17, 15) is 4.79 Å². The highest BCUT2D eigenvalue weighted by Crippen LogP contribution is 2.28. The summed E-state index contributed by atoms with van der Waals surface area (Å²) in [6, 6.07) is 0.278. The number of carbonyl (C=O) groups excluding carboxylic acids is 1. The van der Waals surface area contributed by atoms with Crippen molar-refractivity contribution in [2.45, 2.75) is 33.7 Å². The Morgan fingerprint density at radius 1 is 1.41 bits per heavy atom. The molecular formula is C12H17N3O2. The summed E-state index contributed by atoms with van der Waals surface area (Å²) in [6.07, 6.45) is 0. The normalized spacial score (nSPS) is 11.4. The molecule has 1 N–H and O–H groups in total. The molecule has 5 heteroatoms. The Kier molecular flexibility index (Phi) is 2.69. The van der Waals surface area contributed by atoms with Crippen molar-refractivity contribution in [1.82, 2.24) is 15.1 Å². The number of amides is 1. The summed E-state index contributed by atoms with van der Waals surface area (Å²) in [5.74, 6) is 0.139. The van der Waals surface area contributed by atoms with Crippen LogP contribution in [0.3, 0.4) is 0 Å². The topological polar surface area (TPSA) is 60.1 Å². The lowest BCUT2D eigenvalue weighted by Gasteiger charge is -2.07. The minimum Gasteiger partial charge on any atom is -0.431 e. The van der Waals surface area contributed by atoms with Crippen molar-refractivity contribution in [1.29, 1.82) is 0 Å². The molecule has 0 aliphatic carbocycles. The Morgan fingerprint density at radius 3 is 2.53 bits per heavy atom. The molecule has 0 aliphatic heterocycles. The van der Waals surface area contributed by atoms with Gasteiger partial charge < -0.3 is 9.73 Å². The van der Waals surface area contributed by atoms with Crippen LogP contribution in [0.2, 0.25) is 0 Å². The molecule has 2 heterocycles. The molecule has 2 aromatic rings. The fraction of sp³-hybridized carbons (Fsp3) is 0.500. The maximum Gasteiger partial charge on any atom is 0.287 e. The summed E-state index contributed by atoms with van der Waals surface area (Å²) in [6.45, 7) is 8.00. The molecule has 0 aliphatic rings. The van der Waals surface area contributed by atoms with E-state index in [2.05, 4.69) is 24.3 Å². The number of hydrogen-bond donors (Lipinski definition) is 1. The van der Waals surface area contributed by atoms with Gasteiger partial charge in [0.05, 0.1) is 5.39 Å².